The van der Waals surface area contributed by atoms with Crippen LogP contribution in [0.3, 0.4) is 0 Å². The zero-order valence-corrected chi connectivity index (χ0v) is 10.3. The van der Waals surface area contributed by atoms with E-state index in [0.29, 0.717) is 11.6 Å². The summed E-state index contributed by atoms with van der Waals surface area (Å²) in [5.41, 5.74) is 0. The van der Waals surface area contributed by atoms with Gasteiger partial charge in [0.05, 0.1) is 6.04 Å². The van der Waals surface area contributed by atoms with E-state index in [1.54, 1.807) is 13.0 Å². The number of nitrogens with zero attached hydrogens (tertiary/aromatic N) is 2. The Morgan fingerprint density at radius 1 is 1.56 bits per heavy atom. The fraction of sp³-hybridized carbons (Fsp3) is 0.636. The first-order valence-corrected chi connectivity index (χ1v) is 5.56. The molecule has 1 heterocycles. The smallest absolute Gasteiger partial charge is 0.242 e. The van der Waals surface area contributed by atoms with Gasteiger partial charge in [-0.2, -0.15) is 0 Å². The third-order valence-corrected chi connectivity index (χ3v) is 2.62. The van der Waals surface area contributed by atoms with Crippen LogP contribution in [-0.2, 0) is 4.79 Å². The Morgan fingerprint density at radius 3 is 2.62 bits per heavy atom. The molecule has 0 bridgehead atoms. The zero-order valence-electron chi connectivity index (χ0n) is 10.3. The van der Waals surface area contributed by atoms with Crippen LogP contribution in [0.5, 0.6) is 0 Å². The van der Waals surface area contributed by atoms with Gasteiger partial charge in [-0.05, 0) is 26.9 Å². The third-order valence-electron chi connectivity index (χ3n) is 2.62. The highest BCUT2D eigenvalue weighted by Gasteiger charge is 2.19. The Labute approximate surface area is 95.8 Å². The van der Waals surface area contributed by atoms with Crippen molar-refractivity contribution in [2.75, 3.05) is 18.4 Å². The standard InChI is InChI=1S/C11H19N3O2/c1-5-14(6-2)9(4)11(15)12-10-7-8(3)16-13-10/h7,9H,5-6H2,1-4H3,(H,12,13,15). The molecule has 0 aromatic carbocycles. The number of hydrogen-bond acceptors (Lipinski definition) is 4. The summed E-state index contributed by atoms with van der Waals surface area (Å²) in [7, 11) is 0. The summed E-state index contributed by atoms with van der Waals surface area (Å²) in [5, 5.41) is 6.45. The van der Waals surface area contributed by atoms with Crippen LogP contribution in [0.2, 0.25) is 0 Å². The van der Waals surface area contributed by atoms with E-state index in [2.05, 4.69) is 15.4 Å². The van der Waals surface area contributed by atoms with Crippen LogP contribution in [-0.4, -0.2) is 35.1 Å². The highest BCUT2D eigenvalue weighted by Crippen LogP contribution is 2.08. The first-order chi connectivity index (χ1) is 7.58. The summed E-state index contributed by atoms with van der Waals surface area (Å²) in [6, 6.07) is 1.54. The molecule has 1 unspecified atom stereocenters. The van der Waals surface area contributed by atoms with Crippen LogP contribution in [0, 0.1) is 6.92 Å². The molecule has 0 radical (unpaired) electrons. The van der Waals surface area contributed by atoms with Crippen molar-refractivity contribution >= 4 is 11.7 Å². The molecule has 90 valence electrons. The zero-order chi connectivity index (χ0) is 12.1. The van der Waals surface area contributed by atoms with Gasteiger partial charge in [0.15, 0.2) is 5.82 Å². The normalized spacial score (nSPS) is 12.8. The molecule has 0 saturated heterocycles. The predicted molar refractivity (Wildman–Crippen MR) is 62.3 cm³/mol. The van der Waals surface area contributed by atoms with Crippen molar-refractivity contribution in [1.29, 1.82) is 0 Å². The first-order valence-electron chi connectivity index (χ1n) is 5.56. The molecule has 1 amide bonds. The van der Waals surface area contributed by atoms with Gasteiger partial charge in [-0.25, -0.2) is 0 Å². The lowest BCUT2D eigenvalue weighted by Crippen LogP contribution is -2.41. The van der Waals surface area contributed by atoms with Crippen LogP contribution >= 0.6 is 0 Å². The highest BCUT2D eigenvalue weighted by atomic mass is 16.5. The van der Waals surface area contributed by atoms with E-state index in [4.69, 9.17) is 4.52 Å². The maximum absolute atomic E-state index is 11.8. The number of carbonyl (C=O) groups is 1. The minimum atomic E-state index is -0.160. The molecular weight excluding hydrogens is 206 g/mol. The van der Waals surface area contributed by atoms with E-state index >= 15 is 0 Å². The maximum atomic E-state index is 11.8. The van der Waals surface area contributed by atoms with Crippen molar-refractivity contribution in [3.05, 3.63) is 11.8 Å². The molecule has 1 atom stereocenters. The molecule has 1 rings (SSSR count). The summed E-state index contributed by atoms with van der Waals surface area (Å²) in [6.45, 7) is 9.44. The van der Waals surface area contributed by atoms with Crippen molar-refractivity contribution in [2.45, 2.75) is 33.7 Å². The molecule has 1 aromatic rings. The summed E-state index contributed by atoms with van der Waals surface area (Å²) >= 11 is 0. The van der Waals surface area contributed by atoms with Crippen molar-refractivity contribution in [3.63, 3.8) is 0 Å². The van der Waals surface area contributed by atoms with Gasteiger partial charge in [-0.15, -0.1) is 0 Å². The molecule has 16 heavy (non-hydrogen) atoms. The molecule has 0 aliphatic carbocycles. The van der Waals surface area contributed by atoms with Gasteiger partial charge < -0.3 is 9.84 Å². The fourth-order valence-corrected chi connectivity index (χ4v) is 1.59. The monoisotopic (exact) mass is 225 g/mol. The molecule has 5 heteroatoms. The topological polar surface area (TPSA) is 58.4 Å². The number of aryl methyl sites for hydroxylation is 1. The number of aromatic nitrogens is 1. The molecular formula is C11H19N3O2. The van der Waals surface area contributed by atoms with Gasteiger partial charge >= 0.3 is 0 Å². The summed E-state index contributed by atoms with van der Waals surface area (Å²) in [4.78, 5) is 13.9. The maximum Gasteiger partial charge on any atom is 0.242 e. The summed E-state index contributed by atoms with van der Waals surface area (Å²) < 4.78 is 4.88. The Balaban J connectivity index is 2.58. The number of rotatable bonds is 5. The highest BCUT2D eigenvalue weighted by molar-refractivity contribution is 5.93. The van der Waals surface area contributed by atoms with Gasteiger partial charge in [-0.1, -0.05) is 19.0 Å². The van der Waals surface area contributed by atoms with E-state index in [-0.39, 0.29) is 11.9 Å². The summed E-state index contributed by atoms with van der Waals surface area (Å²) in [6.07, 6.45) is 0. The van der Waals surface area contributed by atoms with Crippen LogP contribution in [0.4, 0.5) is 5.82 Å². The molecule has 0 spiro atoms. The van der Waals surface area contributed by atoms with E-state index in [1.807, 2.05) is 20.8 Å². The summed E-state index contributed by atoms with van der Waals surface area (Å²) in [5.74, 6) is 1.10. The van der Waals surface area contributed by atoms with Crippen molar-refractivity contribution in [2.24, 2.45) is 0 Å². The quantitative estimate of drug-likeness (QED) is 0.827. The van der Waals surface area contributed by atoms with Crippen molar-refractivity contribution in [3.8, 4) is 0 Å². The Bertz CT molecular complexity index is 345. The van der Waals surface area contributed by atoms with Crippen molar-refractivity contribution < 1.29 is 9.32 Å². The molecule has 1 N–H and O–H groups in total. The van der Waals surface area contributed by atoms with Gasteiger partial charge in [0.25, 0.3) is 0 Å². The van der Waals surface area contributed by atoms with Crippen LogP contribution in [0.15, 0.2) is 10.6 Å². The molecule has 0 fully saturated rings. The average Bonchev–Trinajstić information content (AvgIpc) is 2.65. The Morgan fingerprint density at radius 2 is 2.19 bits per heavy atom. The number of likely N-dealkylation sites (N-methyl/N-ethyl adjacent to an activating group) is 1. The fourth-order valence-electron chi connectivity index (χ4n) is 1.59. The molecule has 1 aromatic heterocycles. The third kappa shape index (κ3) is 3.06. The molecule has 0 aliphatic rings. The van der Waals surface area contributed by atoms with Gasteiger partial charge in [-0.3, -0.25) is 9.69 Å². The van der Waals surface area contributed by atoms with E-state index in [9.17, 15) is 4.79 Å². The molecule has 0 saturated carbocycles. The predicted octanol–water partition coefficient (Wildman–Crippen LogP) is 1.65. The minimum Gasteiger partial charge on any atom is -0.360 e. The van der Waals surface area contributed by atoms with Gasteiger partial charge in [0, 0.05) is 6.07 Å². The van der Waals surface area contributed by atoms with Crippen LogP contribution in [0.25, 0.3) is 0 Å². The second-order valence-electron chi connectivity index (χ2n) is 3.71. The lowest BCUT2D eigenvalue weighted by Gasteiger charge is -2.24. The average molecular weight is 225 g/mol. The lowest BCUT2D eigenvalue weighted by molar-refractivity contribution is -0.120. The number of carbonyl (C=O) groups excluding carboxylic acids is 1. The lowest BCUT2D eigenvalue weighted by atomic mass is 10.2. The minimum absolute atomic E-state index is 0.0583. The second kappa shape index (κ2) is 5.65. The van der Waals surface area contributed by atoms with Crippen LogP contribution in [0.1, 0.15) is 26.5 Å². The second-order valence-corrected chi connectivity index (χ2v) is 3.71. The number of amides is 1. The van der Waals surface area contributed by atoms with Crippen molar-refractivity contribution in [1.82, 2.24) is 10.1 Å². The van der Waals surface area contributed by atoms with Gasteiger partial charge in [0.1, 0.15) is 5.76 Å². The number of nitrogens with one attached hydrogen (secondary N) is 1. The Kier molecular flexibility index (Phi) is 4.49. The van der Waals surface area contributed by atoms with E-state index in [1.165, 1.54) is 0 Å². The van der Waals surface area contributed by atoms with Crippen LogP contribution < -0.4 is 5.32 Å². The van der Waals surface area contributed by atoms with E-state index in [0.717, 1.165) is 13.1 Å². The molecule has 5 nitrogen and oxygen atoms in total. The molecule has 0 aliphatic heterocycles. The SMILES string of the molecule is CCN(CC)C(C)C(=O)Nc1cc(C)on1. The number of hydrogen-bond donors (Lipinski definition) is 1. The number of anilines is 1. The van der Waals surface area contributed by atoms with E-state index < -0.39 is 0 Å². The van der Waals surface area contributed by atoms with Gasteiger partial charge in [0.2, 0.25) is 5.91 Å². The largest absolute Gasteiger partial charge is 0.360 e. The Hall–Kier alpha value is -1.36. The first kappa shape index (κ1) is 12.7.